The number of carbonyl (C=O) groups excluding carboxylic acids is 1. The summed E-state index contributed by atoms with van der Waals surface area (Å²) in [6, 6.07) is 1.98. The number of carbonyl (C=O) groups is 1. The van der Waals surface area contributed by atoms with E-state index in [-0.39, 0.29) is 5.91 Å². The van der Waals surface area contributed by atoms with Crippen LogP contribution in [0.5, 0.6) is 0 Å². The summed E-state index contributed by atoms with van der Waals surface area (Å²) in [6.07, 6.45) is 6.76. The number of fused-ring (bicyclic) bond motifs is 2. The SMILES string of the molecule is Cc1c(C=C2C(=O)Nc3c(Br)cc(Br)c(C)c32)[nH]c2c1CCCC2. The third-order valence-electron chi connectivity index (χ3n) is 5.13. The zero-order valence-electron chi connectivity index (χ0n) is 13.6. The molecule has 2 aliphatic rings. The third kappa shape index (κ3) is 2.40. The zero-order chi connectivity index (χ0) is 17.0. The molecule has 3 nitrogen and oxygen atoms in total. The molecule has 0 atom stereocenters. The predicted molar refractivity (Wildman–Crippen MR) is 105 cm³/mol. The number of amides is 1. The van der Waals surface area contributed by atoms with Gasteiger partial charge in [-0.3, -0.25) is 4.79 Å². The molecule has 1 aliphatic heterocycles. The van der Waals surface area contributed by atoms with Gasteiger partial charge >= 0.3 is 0 Å². The molecule has 0 fully saturated rings. The van der Waals surface area contributed by atoms with Crippen molar-refractivity contribution in [2.24, 2.45) is 0 Å². The summed E-state index contributed by atoms with van der Waals surface area (Å²) in [7, 11) is 0. The molecule has 24 heavy (non-hydrogen) atoms. The van der Waals surface area contributed by atoms with Crippen LogP contribution in [0.1, 0.15) is 46.5 Å². The minimum absolute atomic E-state index is 0.0427. The van der Waals surface area contributed by atoms with Crippen molar-refractivity contribution in [3.63, 3.8) is 0 Å². The highest BCUT2D eigenvalue weighted by Gasteiger charge is 2.29. The fraction of sp³-hybridized carbons (Fsp3) is 0.316. The van der Waals surface area contributed by atoms with Crippen molar-refractivity contribution >= 4 is 55.1 Å². The monoisotopic (exact) mass is 448 g/mol. The summed E-state index contributed by atoms with van der Waals surface area (Å²) in [5.74, 6) is -0.0427. The number of benzene rings is 1. The van der Waals surface area contributed by atoms with E-state index in [1.165, 1.54) is 29.7 Å². The van der Waals surface area contributed by atoms with Gasteiger partial charge in [0.15, 0.2) is 0 Å². The highest BCUT2D eigenvalue weighted by molar-refractivity contribution is 9.11. The molecular formula is C19H18Br2N2O. The minimum atomic E-state index is -0.0427. The summed E-state index contributed by atoms with van der Waals surface area (Å²) in [5.41, 5.74) is 8.78. The second kappa shape index (κ2) is 5.88. The Bertz CT molecular complexity index is 909. The molecule has 2 aromatic rings. The van der Waals surface area contributed by atoms with Crippen molar-refractivity contribution in [3.8, 4) is 0 Å². The van der Waals surface area contributed by atoms with E-state index in [4.69, 9.17) is 0 Å². The molecular weight excluding hydrogens is 432 g/mol. The van der Waals surface area contributed by atoms with Crippen LogP contribution in [0.4, 0.5) is 5.69 Å². The van der Waals surface area contributed by atoms with Crippen LogP contribution >= 0.6 is 31.9 Å². The van der Waals surface area contributed by atoms with Crippen LogP contribution in [0, 0.1) is 13.8 Å². The van der Waals surface area contributed by atoms with Crippen molar-refractivity contribution < 1.29 is 4.79 Å². The van der Waals surface area contributed by atoms with Crippen LogP contribution < -0.4 is 5.32 Å². The predicted octanol–water partition coefficient (Wildman–Crippen LogP) is 5.53. The van der Waals surface area contributed by atoms with Gasteiger partial charge < -0.3 is 10.3 Å². The van der Waals surface area contributed by atoms with Crippen molar-refractivity contribution in [1.82, 2.24) is 4.98 Å². The first-order valence-corrected chi connectivity index (χ1v) is 9.78. The molecule has 1 aromatic heterocycles. The molecule has 1 aromatic carbocycles. The van der Waals surface area contributed by atoms with E-state index >= 15 is 0 Å². The van der Waals surface area contributed by atoms with Gasteiger partial charge in [0.25, 0.3) is 5.91 Å². The van der Waals surface area contributed by atoms with Crippen LogP contribution in [-0.2, 0) is 17.6 Å². The highest BCUT2D eigenvalue weighted by atomic mass is 79.9. The van der Waals surface area contributed by atoms with Gasteiger partial charge in [-0.2, -0.15) is 0 Å². The van der Waals surface area contributed by atoms with Crippen LogP contribution in [0.15, 0.2) is 15.0 Å². The Hall–Kier alpha value is -1.33. The number of rotatable bonds is 1. The maximum absolute atomic E-state index is 12.6. The molecule has 1 aliphatic carbocycles. The summed E-state index contributed by atoms with van der Waals surface area (Å²) in [4.78, 5) is 16.1. The normalized spacial score (nSPS) is 17.8. The van der Waals surface area contributed by atoms with Gasteiger partial charge in [-0.15, -0.1) is 0 Å². The van der Waals surface area contributed by atoms with Crippen molar-refractivity contribution in [2.75, 3.05) is 5.32 Å². The van der Waals surface area contributed by atoms with Crippen molar-refractivity contribution in [1.29, 1.82) is 0 Å². The summed E-state index contributed by atoms with van der Waals surface area (Å²) < 4.78 is 1.90. The number of hydrogen-bond acceptors (Lipinski definition) is 1. The van der Waals surface area contributed by atoms with Gasteiger partial charge in [0.1, 0.15) is 0 Å². The fourth-order valence-corrected chi connectivity index (χ4v) is 5.03. The quantitative estimate of drug-likeness (QED) is 0.552. The average molecular weight is 450 g/mol. The largest absolute Gasteiger partial charge is 0.358 e. The molecule has 0 unspecified atom stereocenters. The van der Waals surface area contributed by atoms with E-state index in [0.717, 1.165) is 49.9 Å². The number of H-pyrrole nitrogens is 1. The molecule has 0 spiro atoms. The van der Waals surface area contributed by atoms with Gasteiger partial charge in [-0.25, -0.2) is 0 Å². The van der Waals surface area contributed by atoms with E-state index in [0.29, 0.717) is 0 Å². The first-order chi connectivity index (χ1) is 11.5. The van der Waals surface area contributed by atoms with Gasteiger partial charge in [0.2, 0.25) is 0 Å². The Labute approximate surface area is 158 Å². The topological polar surface area (TPSA) is 44.9 Å². The lowest BCUT2D eigenvalue weighted by Crippen LogP contribution is -2.04. The van der Waals surface area contributed by atoms with Crippen LogP contribution in [0.3, 0.4) is 0 Å². The number of aromatic nitrogens is 1. The molecule has 0 saturated carbocycles. The Balaban J connectivity index is 1.89. The van der Waals surface area contributed by atoms with Crippen LogP contribution in [0.2, 0.25) is 0 Å². The fourth-order valence-electron chi connectivity index (χ4n) is 3.77. The minimum Gasteiger partial charge on any atom is -0.358 e. The van der Waals surface area contributed by atoms with Gasteiger partial charge in [0, 0.05) is 25.9 Å². The smallest absolute Gasteiger partial charge is 0.256 e. The Morgan fingerprint density at radius 1 is 1.08 bits per heavy atom. The number of hydrogen-bond donors (Lipinski definition) is 2. The number of nitrogens with one attached hydrogen (secondary N) is 2. The first-order valence-electron chi connectivity index (χ1n) is 8.19. The van der Waals surface area contributed by atoms with Gasteiger partial charge in [0.05, 0.1) is 11.3 Å². The number of aryl methyl sites for hydroxylation is 1. The Morgan fingerprint density at radius 3 is 2.58 bits per heavy atom. The van der Waals surface area contributed by atoms with E-state index in [1.807, 2.05) is 19.1 Å². The van der Waals surface area contributed by atoms with Gasteiger partial charge in [-0.1, -0.05) is 15.9 Å². The van der Waals surface area contributed by atoms with E-state index in [2.05, 4.69) is 49.1 Å². The molecule has 4 rings (SSSR count). The van der Waals surface area contributed by atoms with Crippen LogP contribution in [-0.4, -0.2) is 10.9 Å². The van der Waals surface area contributed by atoms with E-state index < -0.39 is 0 Å². The van der Waals surface area contributed by atoms with Crippen molar-refractivity contribution in [2.45, 2.75) is 39.5 Å². The average Bonchev–Trinajstić information content (AvgIpc) is 3.05. The maximum atomic E-state index is 12.6. The second-order valence-electron chi connectivity index (χ2n) is 6.56. The lowest BCUT2D eigenvalue weighted by atomic mass is 9.94. The number of anilines is 1. The first kappa shape index (κ1) is 16.2. The Kier molecular flexibility index (Phi) is 3.96. The molecule has 2 heterocycles. The maximum Gasteiger partial charge on any atom is 0.256 e. The third-order valence-corrected chi connectivity index (χ3v) is 6.58. The molecule has 0 bridgehead atoms. The lowest BCUT2D eigenvalue weighted by Gasteiger charge is -2.10. The number of aromatic amines is 1. The summed E-state index contributed by atoms with van der Waals surface area (Å²) >= 11 is 7.14. The zero-order valence-corrected chi connectivity index (χ0v) is 16.8. The highest BCUT2D eigenvalue weighted by Crippen LogP contribution is 2.43. The van der Waals surface area contributed by atoms with Crippen LogP contribution in [0.25, 0.3) is 11.6 Å². The molecule has 124 valence electrons. The molecule has 0 saturated heterocycles. The van der Waals surface area contributed by atoms with E-state index in [1.54, 1.807) is 0 Å². The molecule has 0 radical (unpaired) electrons. The number of halogens is 2. The van der Waals surface area contributed by atoms with Gasteiger partial charge in [-0.05, 0) is 84.3 Å². The Morgan fingerprint density at radius 2 is 1.83 bits per heavy atom. The standard InChI is InChI=1S/C19H18Br2N2O/c1-9-11-5-3-4-6-15(11)22-16(9)7-12-17-10(2)13(20)8-14(21)18(17)23-19(12)24/h7-8,22H,3-6H2,1-2H3,(H,23,24). The van der Waals surface area contributed by atoms with E-state index in [9.17, 15) is 4.79 Å². The van der Waals surface area contributed by atoms with Crippen molar-refractivity contribution in [3.05, 3.63) is 48.7 Å². The molecule has 5 heteroatoms. The second-order valence-corrected chi connectivity index (χ2v) is 8.26. The summed E-state index contributed by atoms with van der Waals surface area (Å²) in [6.45, 7) is 4.20. The summed E-state index contributed by atoms with van der Waals surface area (Å²) in [5, 5.41) is 3.00. The molecule has 2 N–H and O–H groups in total. The molecule has 1 amide bonds. The lowest BCUT2D eigenvalue weighted by molar-refractivity contribution is -0.110.